The molecule has 0 aromatic heterocycles. The number of rotatable bonds is 2. The van der Waals surface area contributed by atoms with E-state index in [1.54, 1.807) is 6.07 Å². The molecule has 1 unspecified atom stereocenters. The number of carbonyl (C=O) groups is 2. The van der Waals surface area contributed by atoms with Crippen LogP contribution in [0.4, 0.5) is 9.18 Å². The van der Waals surface area contributed by atoms with E-state index in [4.69, 9.17) is 0 Å². The van der Waals surface area contributed by atoms with Crippen LogP contribution in [0, 0.1) is 5.82 Å². The van der Waals surface area contributed by atoms with Gasteiger partial charge in [-0.3, -0.25) is 9.69 Å². The van der Waals surface area contributed by atoms with E-state index in [-0.39, 0.29) is 18.3 Å². The van der Waals surface area contributed by atoms with E-state index in [0.29, 0.717) is 16.5 Å². The predicted molar refractivity (Wildman–Crippen MR) is 89.6 cm³/mol. The zero-order valence-electron chi connectivity index (χ0n) is 12.7. The van der Waals surface area contributed by atoms with E-state index in [9.17, 15) is 14.0 Å². The fourth-order valence-corrected chi connectivity index (χ4v) is 4.03. The molecule has 0 bridgehead atoms. The van der Waals surface area contributed by atoms with Crippen LogP contribution in [0.25, 0.3) is 0 Å². The second-order valence-electron chi connectivity index (χ2n) is 6.12. The molecule has 2 aromatic rings. The number of benzene rings is 2. The third-order valence-corrected chi connectivity index (χ3v) is 5.50. The van der Waals surface area contributed by atoms with Crippen molar-refractivity contribution in [1.82, 2.24) is 10.2 Å². The number of amides is 3. The van der Waals surface area contributed by atoms with Gasteiger partial charge in [-0.05, 0) is 41.7 Å². The molecule has 1 aliphatic heterocycles. The number of nitrogens with zero attached hydrogens (tertiary/aromatic N) is 1. The van der Waals surface area contributed by atoms with Crippen LogP contribution in [0.5, 0.6) is 0 Å². The van der Waals surface area contributed by atoms with Crippen LogP contribution in [-0.4, -0.2) is 16.8 Å². The first-order chi connectivity index (χ1) is 11.5. The Balaban J connectivity index is 1.68. The number of imide groups is 1. The van der Waals surface area contributed by atoms with Gasteiger partial charge in [-0.15, -0.1) is 0 Å². The smallest absolute Gasteiger partial charge is 0.319 e. The zero-order valence-corrected chi connectivity index (χ0v) is 14.3. The molecule has 1 aliphatic carbocycles. The summed E-state index contributed by atoms with van der Waals surface area (Å²) in [6, 6.07) is 11.5. The molecule has 4 rings (SSSR count). The van der Waals surface area contributed by atoms with Crippen LogP contribution in [0.15, 0.2) is 46.9 Å². The second-order valence-corrected chi connectivity index (χ2v) is 6.97. The molecule has 3 amide bonds. The molecule has 1 heterocycles. The van der Waals surface area contributed by atoms with Crippen LogP contribution >= 0.6 is 15.9 Å². The number of hydrogen-bond donors (Lipinski definition) is 1. The summed E-state index contributed by atoms with van der Waals surface area (Å²) in [7, 11) is 0. The van der Waals surface area contributed by atoms with E-state index in [1.807, 2.05) is 24.3 Å². The van der Waals surface area contributed by atoms with E-state index < -0.39 is 11.6 Å². The van der Waals surface area contributed by atoms with Crippen molar-refractivity contribution in [3.05, 3.63) is 69.4 Å². The van der Waals surface area contributed by atoms with Crippen molar-refractivity contribution in [3.63, 3.8) is 0 Å². The van der Waals surface area contributed by atoms with Gasteiger partial charge in [-0.25, -0.2) is 9.18 Å². The van der Waals surface area contributed by atoms with Crippen molar-refractivity contribution in [3.8, 4) is 0 Å². The lowest BCUT2D eigenvalue weighted by molar-refractivity contribution is -0.132. The van der Waals surface area contributed by atoms with Gasteiger partial charge in [0.25, 0.3) is 5.91 Å². The van der Waals surface area contributed by atoms with Crippen molar-refractivity contribution in [2.24, 2.45) is 0 Å². The summed E-state index contributed by atoms with van der Waals surface area (Å²) in [6.07, 6.45) is 1.33. The molecule has 1 saturated heterocycles. The fraction of sp³-hybridized carbons (Fsp3) is 0.222. The SMILES string of the molecule is O=C1NC2(CCc3ccccc32)C(=O)N1Cc1ccc(F)cc1Br. The summed E-state index contributed by atoms with van der Waals surface area (Å²) in [4.78, 5) is 26.7. The molecule has 6 heteroatoms. The first kappa shape index (κ1) is 15.3. The first-order valence-corrected chi connectivity index (χ1v) is 8.47. The quantitative estimate of drug-likeness (QED) is 0.800. The van der Waals surface area contributed by atoms with Crippen LogP contribution < -0.4 is 5.32 Å². The molecular weight excluding hydrogens is 375 g/mol. The summed E-state index contributed by atoms with van der Waals surface area (Å²) in [5.41, 5.74) is 1.70. The maximum Gasteiger partial charge on any atom is 0.325 e. The lowest BCUT2D eigenvalue weighted by Gasteiger charge is -2.22. The summed E-state index contributed by atoms with van der Waals surface area (Å²) >= 11 is 3.29. The van der Waals surface area contributed by atoms with Gasteiger partial charge in [0.1, 0.15) is 11.4 Å². The van der Waals surface area contributed by atoms with Crippen molar-refractivity contribution >= 4 is 27.9 Å². The summed E-state index contributed by atoms with van der Waals surface area (Å²) in [5.74, 6) is -0.613. The third-order valence-electron chi connectivity index (χ3n) is 4.77. The number of fused-ring (bicyclic) bond motifs is 2. The maximum atomic E-state index is 13.2. The standard InChI is InChI=1S/C18H14BrFN2O2/c19-15-9-13(20)6-5-12(15)10-22-16(23)18(21-17(22)24)8-7-11-3-1-2-4-14(11)18/h1-6,9H,7-8,10H2,(H,21,24). The Morgan fingerprint density at radius 2 is 2.00 bits per heavy atom. The highest BCUT2D eigenvalue weighted by atomic mass is 79.9. The van der Waals surface area contributed by atoms with E-state index in [0.717, 1.165) is 17.5 Å². The third kappa shape index (κ3) is 2.17. The average Bonchev–Trinajstić information content (AvgIpc) is 3.04. The molecule has 2 aromatic carbocycles. The van der Waals surface area contributed by atoms with Gasteiger partial charge in [0.2, 0.25) is 0 Å². The van der Waals surface area contributed by atoms with Crippen LogP contribution in [0.3, 0.4) is 0 Å². The van der Waals surface area contributed by atoms with E-state index in [2.05, 4.69) is 21.2 Å². The van der Waals surface area contributed by atoms with Crippen LogP contribution in [0.2, 0.25) is 0 Å². The summed E-state index contributed by atoms with van der Waals surface area (Å²) in [5, 5.41) is 2.88. The molecule has 4 nitrogen and oxygen atoms in total. The molecule has 0 saturated carbocycles. The average molecular weight is 389 g/mol. The molecule has 24 heavy (non-hydrogen) atoms. The summed E-state index contributed by atoms with van der Waals surface area (Å²) < 4.78 is 13.8. The second kappa shape index (κ2) is 5.41. The molecule has 1 atom stereocenters. The van der Waals surface area contributed by atoms with Gasteiger partial charge in [-0.1, -0.05) is 46.3 Å². The van der Waals surface area contributed by atoms with Crippen molar-refractivity contribution in [1.29, 1.82) is 0 Å². The Morgan fingerprint density at radius 1 is 1.21 bits per heavy atom. The highest BCUT2D eigenvalue weighted by molar-refractivity contribution is 9.10. The monoisotopic (exact) mass is 388 g/mol. The largest absolute Gasteiger partial charge is 0.325 e. The topological polar surface area (TPSA) is 49.4 Å². The number of urea groups is 1. The zero-order chi connectivity index (χ0) is 16.9. The minimum Gasteiger partial charge on any atom is -0.319 e. The Bertz CT molecular complexity index is 870. The molecular formula is C18H14BrFN2O2. The maximum absolute atomic E-state index is 13.2. The number of nitrogens with one attached hydrogen (secondary N) is 1. The van der Waals surface area contributed by atoms with Crippen molar-refractivity contribution in [2.45, 2.75) is 24.9 Å². The number of aryl methyl sites for hydroxylation is 1. The lowest BCUT2D eigenvalue weighted by Crippen LogP contribution is -2.41. The number of carbonyl (C=O) groups excluding carboxylic acids is 2. The number of hydrogen-bond acceptors (Lipinski definition) is 2. The van der Waals surface area contributed by atoms with Crippen molar-refractivity contribution < 1.29 is 14.0 Å². The lowest BCUT2D eigenvalue weighted by atomic mass is 9.92. The van der Waals surface area contributed by atoms with Gasteiger partial charge in [0.05, 0.1) is 6.54 Å². The normalized spacial score (nSPS) is 22.2. The highest BCUT2D eigenvalue weighted by Crippen LogP contribution is 2.41. The van der Waals surface area contributed by atoms with Crippen molar-refractivity contribution in [2.75, 3.05) is 0 Å². The van der Waals surface area contributed by atoms with Gasteiger partial charge >= 0.3 is 6.03 Å². The molecule has 1 spiro atoms. The Morgan fingerprint density at radius 3 is 2.79 bits per heavy atom. The molecule has 122 valence electrons. The van der Waals surface area contributed by atoms with Crippen LogP contribution in [0.1, 0.15) is 23.1 Å². The van der Waals surface area contributed by atoms with Gasteiger partial charge in [-0.2, -0.15) is 0 Å². The van der Waals surface area contributed by atoms with Gasteiger partial charge in [0.15, 0.2) is 0 Å². The Labute approximate surface area is 146 Å². The highest BCUT2D eigenvalue weighted by Gasteiger charge is 2.55. The fourth-order valence-electron chi connectivity index (χ4n) is 3.55. The van der Waals surface area contributed by atoms with Crippen LogP contribution in [-0.2, 0) is 23.3 Å². The molecule has 1 N–H and O–H groups in total. The molecule has 2 aliphatic rings. The Kier molecular flexibility index (Phi) is 3.46. The number of halogens is 2. The van der Waals surface area contributed by atoms with E-state index in [1.165, 1.54) is 17.0 Å². The minimum absolute atomic E-state index is 0.107. The Hall–Kier alpha value is -2.21. The first-order valence-electron chi connectivity index (χ1n) is 7.68. The van der Waals surface area contributed by atoms with Gasteiger partial charge < -0.3 is 5.32 Å². The van der Waals surface area contributed by atoms with E-state index >= 15 is 0 Å². The minimum atomic E-state index is -0.958. The van der Waals surface area contributed by atoms with Gasteiger partial charge in [0, 0.05) is 4.47 Å². The molecule has 0 radical (unpaired) electrons. The predicted octanol–water partition coefficient (Wildman–Crippen LogP) is 3.48. The molecule has 1 fully saturated rings. The summed E-state index contributed by atoms with van der Waals surface area (Å²) in [6.45, 7) is 0.107.